The fraction of sp³-hybridized carbons (Fsp3) is 0.278. The van der Waals surface area contributed by atoms with Crippen LogP contribution >= 0.6 is 22.9 Å². The molecule has 0 bridgehead atoms. The van der Waals surface area contributed by atoms with E-state index in [4.69, 9.17) is 21.0 Å². The molecule has 0 spiro atoms. The molecule has 2 aromatic heterocycles. The molecule has 1 aliphatic carbocycles. The third-order valence-electron chi connectivity index (χ3n) is 4.27. The minimum atomic E-state index is 0.489. The summed E-state index contributed by atoms with van der Waals surface area (Å²) >= 11 is 7.92. The van der Waals surface area contributed by atoms with E-state index in [1.807, 2.05) is 36.4 Å². The smallest absolute Gasteiger partial charge is 0.190 e. The molecule has 1 fully saturated rings. The van der Waals surface area contributed by atoms with Gasteiger partial charge in [0, 0.05) is 11.4 Å². The van der Waals surface area contributed by atoms with Gasteiger partial charge in [0.1, 0.15) is 0 Å². The van der Waals surface area contributed by atoms with Crippen LogP contribution in [0.1, 0.15) is 31.7 Å². The van der Waals surface area contributed by atoms with E-state index in [1.54, 1.807) is 17.6 Å². The van der Waals surface area contributed by atoms with Gasteiger partial charge in [0.05, 0.1) is 22.7 Å². The first-order valence-corrected chi connectivity index (χ1v) is 9.12. The normalized spacial score (nSPS) is 16.3. The molecule has 1 aliphatic rings. The van der Waals surface area contributed by atoms with Gasteiger partial charge in [-0.2, -0.15) is 0 Å². The summed E-state index contributed by atoms with van der Waals surface area (Å²) in [6, 6.07) is 12.1. The Balaban J connectivity index is 1.88. The summed E-state index contributed by atoms with van der Waals surface area (Å²) in [5, 5.41) is 2.81. The molecule has 1 saturated carbocycles. The van der Waals surface area contributed by atoms with Crippen molar-refractivity contribution in [1.82, 2.24) is 4.57 Å². The van der Waals surface area contributed by atoms with E-state index in [0.29, 0.717) is 11.1 Å². The van der Waals surface area contributed by atoms with Gasteiger partial charge in [-0.25, -0.2) is 4.99 Å². The van der Waals surface area contributed by atoms with Crippen LogP contribution < -0.4 is 4.80 Å². The third-order valence-corrected chi connectivity index (χ3v) is 5.43. The van der Waals surface area contributed by atoms with Gasteiger partial charge in [-0.05, 0) is 37.1 Å². The summed E-state index contributed by atoms with van der Waals surface area (Å²) in [6.07, 6.45) is 6.66. The van der Waals surface area contributed by atoms with Crippen molar-refractivity contribution in [2.75, 3.05) is 0 Å². The maximum absolute atomic E-state index is 6.28. The number of furan rings is 1. The van der Waals surface area contributed by atoms with Crippen LogP contribution in [0, 0.1) is 0 Å². The highest BCUT2D eigenvalue weighted by molar-refractivity contribution is 7.07. The largest absolute Gasteiger partial charge is 0.463 e. The molecule has 3 aromatic rings. The molecule has 0 atom stereocenters. The predicted octanol–water partition coefficient (Wildman–Crippen LogP) is 5.81. The second-order valence-corrected chi connectivity index (χ2v) is 7.00. The molecule has 1 aromatic carbocycles. The van der Waals surface area contributed by atoms with Gasteiger partial charge in [0.25, 0.3) is 0 Å². The van der Waals surface area contributed by atoms with E-state index in [-0.39, 0.29) is 0 Å². The Kier molecular flexibility index (Phi) is 4.10. The Morgan fingerprint density at radius 1 is 1.13 bits per heavy atom. The first-order chi connectivity index (χ1) is 11.3. The molecule has 23 heavy (non-hydrogen) atoms. The van der Waals surface area contributed by atoms with E-state index in [0.717, 1.165) is 21.9 Å². The number of thiazole rings is 1. The fourth-order valence-corrected chi connectivity index (χ4v) is 4.30. The number of para-hydroxylation sites is 1. The highest BCUT2D eigenvalue weighted by atomic mass is 35.5. The van der Waals surface area contributed by atoms with Crippen molar-refractivity contribution in [3.05, 3.63) is 57.9 Å². The van der Waals surface area contributed by atoms with E-state index < -0.39 is 0 Å². The monoisotopic (exact) mass is 344 g/mol. The first kappa shape index (κ1) is 14.8. The van der Waals surface area contributed by atoms with Crippen LogP contribution in [0.4, 0.5) is 5.69 Å². The second kappa shape index (κ2) is 6.38. The Labute approximate surface area is 143 Å². The summed E-state index contributed by atoms with van der Waals surface area (Å²) in [5.41, 5.74) is 1.92. The molecule has 5 heteroatoms. The van der Waals surface area contributed by atoms with Crippen LogP contribution in [0.2, 0.25) is 5.02 Å². The van der Waals surface area contributed by atoms with Crippen LogP contribution in [0.15, 0.2) is 57.5 Å². The highest BCUT2D eigenvalue weighted by Gasteiger charge is 2.22. The standard InChI is InChI=1S/C18H17ClN2OS/c19-14-8-3-4-9-15(14)20-18-21(13-6-1-2-7-13)16(12-23-18)17-10-5-11-22-17/h3-5,8-13H,1-2,6-7H2. The Bertz CT molecular complexity index is 857. The van der Waals surface area contributed by atoms with Crippen molar-refractivity contribution >= 4 is 28.6 Å². The maximum Gasteiger partial charge on any atom is 0.190 e. The molecular formula is C18H17ClN2OS. The van der Waals surface area contributed by atoms with Crippen molar-refractivity contribution in [2.24, 2.45) is 4.99 Å². The molecule has 4 rings (SSSR count). The number of hydrogen-bond acceptors (Lipinski definition) is 3. The third kappa shape index (κ3) is 2.89. The fourth-order valence-electron chi connectivity index (χ4n) is 3.17. The lowest BCUT2D eigenvalue weighted by molar-refractivity contribution is 0.499. The van der Waals surface area contributed by atoms with E-state index in [2.05, 4.69) is 9.95 Å². The van der Waals surface area contributed by atoms with Crippen molar-refractivity contribution in [3.8, 4) is 11.5 Å². The van der Waals surface area contributed by atoms with Gasteiger partial charge in [0.2, 0.25) is 0 Å². The molecule has 2 heterocycles. The van der Waals surface area contributed by atoms with Gasteiger partial charge >= 0.3 is 0 Å². The van der Waals surface area contributed by atoms with Crippen molar-refractivity contribution < 1.29 is 4.42 Å². The summed E-state index contributed by atoms with van der Waals surface area (Å²) in [6.45, 7) is 0. The van der Waals surface area contributed by atoms with Gasteiger partial charge in [-0.3, -0.25) is 0 Å². The van der Waals surface area contributed by atoms with Gasteiger partial charge in [0.15, 0.2) is 10.6 Å². The quantitative estimate of drug-likeness (QED) is 0.589. The minimum absolute atomic E-state index is 0.489. The minimum Gasteiger partial charge on any atom is -0.463 e. The lowest BCUT2D eigenvalue weighted by Gasteiger charge is -2.14. The van der Waals surface area contributed by atoms with Gasteiger partial charge < -0.3 is 8.98 Å². The number of rotatable bonds is 3. The SMILES string of the molecule is Clc1ccccc1N=c1scc(-c2ccco2)n1C1CCCC1. The van der Waals surface area contributed by atoms with Gasteiger partial charge in [-0.1, -0.05) is 36.6 Å². The Hall–Kier alpha value is -1.78. The van der Waals surface area contributed by atoms with Crippen LogP contribution in [0.5, 0.6) is 0 Å². The second-order valence-electron chi connectivity index (χ2n) is 5.75. The average molecular weight is 345 g/mol. The summed E-state index contributed by atoms with van der Waals surface area (Å²) in [7, 11) is 0. The first-order valence-electron chi connectivity index (χ1n) is 7.86. The molecular weight excluding hydrogens is 328 g/mol. The molecule has 0 aliphatic heterocycles. The van der Waals surface area contributed by atoms with Crippen LogP contribution in [0.25, 0.3) is 11.5 Å². The zero-order chi connectivity index (χ0) is 15.6. The summed E-state index contributed by atoms with van der Waals surface area (Å²) < 4.78 is 7.96. The number of benzene rings is 1. The number of hydrogen-bond donors (Lipinski definition) is 0. The lowest BCUT2D eigenvalue weighted by Crippen LogP contribution is -2.19. The highest BCUT2D eigenvalue weighted by Crippen LogP contribution is 2.34. The van der Waals surface area contributed by atoms with Gasteiger partial charge in [-0.15, -0.1) is 11.3 Å². The summed E-state index contributed by atoms with van der Waals surface area (Å²) in [5.74, 6) is 0.897. The number of nitrogens with zero attached hydrogens (tertiary/aromatic N) is 2. The van der Waals surface area contributed by atoms with Crippen LogP contribution in [-0.2, 0) is 0 Å². The number of halogens is 1. The molecule has 0 unspecified atom stereocenters. The Morgan fingerprint density at radius 3 is 2.70 bits per heavy atom. The molecule has 0 radical (unpaired) electrons. The Morgan fingerprint density at radius 2 is 1.96 bits per heavy atom. The molecule has 118 valence electrons. The molecule has 3 nitrogen and oxygen atoms in total. The predicted molar refractivity (Wildman–Crippen MR) is 94.2 cm³/mol. The average Bonchev–Trinajstić information content (AvgIpc) is 3.30. The van der Waals surface area contributed by atoms with E-state index in [1.165, 1.54) is 25.7 Å². The van der Waals surface area contributed by atoms with Crippen molar-refractivity contribution in [2.45, 2.75) is 31.7 Å². The maximum atomic E-state index is 6.28. The zero-order valence-corrected chi connectivity index (χ0v) is 14.2. The topological polar surface area (TPSA) is 30.4 Å². The number of aromatic nitrogens is 1. The molecule has 0 saturated heterocycles. The van der Waals surface area contributed by atoms with E-state index >= 15 is 0 Å². The van der Waals surface area contributed by atoms with Crippen molar-refractivity contribution in [1.29, 1.82) is 0 Å². The van der Waals surface area contributed by atoms with Crippen molar-refractivity contribution in [3.63, 3.8) is 0 Å². The molecule has 0 amide bonds. The summed E-state index contributed by atoms with van der Waals surface area (Å²) in [4.78, 5) is 5.81. The zero-order valence-electron chi connectivity index (χ0n) is 12.6. The van der Waals surface area contributed by atoms with Crippen LogP contribution in [-0.4, -0.2) is 4.57 Å². The van der Waals surface area contributed by atoms with E-state index in [9.17, 15) is 0 Å². The molecule has 0 N–H and O–H groups in total. The lowest BCUT2D eigenvalue weighted by atomic mass is 10.2. The van der Waals surface area contributed by atoms with Crippen LogP contribution in [0.3, 0.4) is 0 Å².